The Labute approximate surface area is 105 Å². The van der Waals surface area contributed by atoms with Crippen LogP contribution in [0.3, 0.4) is 0 Å². The van der Waals surface area contributed by atoms with Crippen molar-refractivity contribution in [1.29, 1.82) is 0 Å². The smallest absolute Gasteiger partial charge is 0.0233 e. The Morgan fingerprint density at radius 2 is 2.29 bits per heavy atom. The maximum Gasteiger partial charge on any atom is 0.0233 e. The van der Waals surface area contributed by atoms with Gasteiger partial charge < -0.3 is 5.32 Å². The van der Waals surface area contributed by atoms with Gasteiger partial charge in [0, 0.05) is 13.1 Å². The van der Waals surface area contributed by atoms with Crippen LogP contribution in [0.5, 0.6) is 0 Å². The van der Waals surface area contributed by atoms with E-state index in [-0.39, 0.29) is 0 Å². The summed E-state index contributed by atoms with van der Waals surface area (Å²) in [5.74, 6) is 0.750. The molecular formula is C15H24N2. The number of rotatable bonds is 2. The highest BCUT2D eigenvalue weighted by Gasteiger charge is 2.13. The third kappa shape index (κ3) is 4.14. The molecule has 2 nitrogen and oxygen atoms in total. The first-order chi connectivity index (χ1) is 8.24. The number of hydrogen-bond acceptors (Lipinski definition) is 2. The molecule has 1 aromatic rings. The highest BCUT2D eigenvalue weighted by Crippen LogP contribution is 2.11. The number of nitrogens with zero attached hydrogens (tertiary/aromatic N) is 1. The Morgan fingerprint density at radius 3 is 3.12 bits per heavy atom. The van der Waals surface area contributed by atoms with E-state index in [0.29, 0.717) is 0 Å². The van der Waals surface area contributed by atoms with E-state index in [1.54, 1.807) is 0 Å². The molecule has 1 heterocycles. The van der Waals surface area contributed by atoms with Gasteiger partial charge in [-0.25, -0.2) is 0 Å². The minimum Gasteiger partial charge on any atom is -0.316 e. The molecule has 94 valence electrons. The Hall–Kier alpha value is -0.860. The van der Waals surface area contributed by atoms with Crippen LogP contribution in [0.15, 0.2) is 24.3 Å². The summed E-state index contributed by atoms with van der Waals surface area (Å²) in [5, 5.41) is 3.50. The standard InChI is InChI=1S/C15H24N2/c1-13-5-3-6-15(9-13)12-17-8-4-7-16-10-14(2)11-17/h3,5-6,9,14,16H,4,7-8,10-12H2,1-2H3. The van der Waals surface area contributed by atoms with Crippen LogP contribution in [0, 0.1) is 12.8 Å². The van der Waals surface area contributed by atoms with Crippen LogP contribution in [0.25, 0.3) is 0 Å². The molecule has 1 aromatic carbocycles. The summed E-state index contributed by atoms with van der Waals surface area (Å²) >= 11 is 0. The summed E-state index contributed by atoms with van der Waals surface area (Å²) in [6, 6.07) is 8.89. The van der Waals surface area contributed by atoms with Crippen molar-refractivity contribution in [3.63, 3.8) is 0 Å². The fourth-order valence-corrected chi connectivity index (χ4v) is 2.59. The first-order valence-electron chi connectivity index (χ1n) is 6.72. The van der Waals surface area contributed by atoms with Crippen LogP contribution in [0.2, 0.25) is 0 Å². The zero-order valence-electron chi connectivity index (χ0n) is 11.1. The van der Waals surface area contributed by atoms with Gasteiger partial charge in [0.2, 0.25) is 0 Å². The quantitative estimate of drug-likeness (QED) is 0.842. The second-order valence-electron chi connectivity index (χ2n) is 5.39. The Balaban J connectivity index is 1.96. The van der Waals surface area contributed by atoms with Gasteiger partial charge in [-0.3, -0.25) is 4.90 Å². The molecule has 0 bridgehead atoms. The highest BCUT2D eigenvalue weighted by atomic mass is 15.1. The summed E-state index contributed by atoms with van der Waals surface area (Å²) in [6.45, 7) is 10.3. The second-order valence-corrected chi connectivity index (χ2v) is 5.39. The molecule has 2 rings (SSSR count). The second kappa shape index (κ2) is 6.18. The van der Waals surface area contributed by atoms with Gasteiger partial charge in [0.05, 0.1) is 0 Å². The predicted molar refractivity (Wildman–Crippen MR) is 73.1 cm³/mol. The van der Waals surface area contributed by atoms with Crippen molar-refractivity contribution < 1.29 is 0 Å². The molecule has 0 saturated carbocycles. The van der Waals surface area contributed by atoms with Crippen molar-refractivity contribution in [1.82, 2.24) is 10.2 Å². The first-order valence-corrected chi connectivity index (χ1v) is 6.72. The summed E-state index contributed by atoms with van der Waals surface area (Å²) in [5.41, 5.74) is 2.81. The fourth-order valence-electron chi connectivity index (χ4n) is 2.59. The molecule has 0 aliphatic carbocycles. The van der Waals surface area contributed by atoms with Gasteiger partial charge in [-0.1, -0.05) is 36.8 Å². The molecule has 1 N–H and O–H groups in total. The number of nitrogens with one attached hydrogen (secondary N) is 1. The van der Waals surface area contributed by atoms with Crippen molar-refractivity contribution in [2.45, 2.75) is 26.8 Å². The lowest BCUT2D eigenvalue weighted by Gasteiger charge is -2.28. The zero-order chi connectivity index (χ0) is 12.1. The molecule has 0 amide bonds. The lowest BCUT2D eigenvalue weighted by molar-refractivity contribution is 0.209. The summed E-state index contributed by atoms with van der Waals surface area (Å²) in [4.78, 5) is 2.60. The molecule has 2 heteroatoms. The van der Waals surface area contributed by atoms with Crippen molar-refractivity contribution in [3.05, 3.63) is 35.4 Å². The molecule has 1 unspecified atom stereocenters. The molecule has 17 heavy (non-hydrogen) atoms. The normalized spacial score (nSPS) is 23.1. The van der Waals surface area contributed by atoms with Crippen molar-refractivity contribution in [3.8, 4) is 0 Å². The average Bonchev–Trinajstić information content (AvgIpc) is 2.25. The summed E-state index contributed by atoms with van der Waals surface area (Å²) in [6.07, 6.45) is 1.26. The van der Waals surface area contributed by atoms with Gasteiger partial charge in [-0.2, -0.15) is 0 Å². The molecule has 1 fully saturated rings. The topological polar surface area (TPSA) is 15.3 Å². The molecule has 1 saturated heterocycles. The Bertz CT molecular complexity index is 349. The van der Waals surface area contributed by atoms with E-state index in [2.05, 4.69) is 48.3 Å². The van der Waals surface area contributed by atoms with Gasteiger partial charge in [-0.15, -0.1) is 0 Å². The van der Waals surface area contributed by atoms with Crippen molar-refractivity contribution >= 4 is 0 Å². The van der Waals surface area contributed by atoms with E-state index < -0.39 is 0 Å². The number of hydrogen-bond donors (Lipinski definition) is 1. The predicted octanol–water partition coefficient (Wildman–Crippen LogP) is 2.43. The van der Waals surface area contributed by atoms with E-state index in [0.717, 1.165) is 25.6 Å². The van der Waals surface area contributed by atoms with Crippen LogP contribution in [-0.4, -0.2) is 31.1 Å². The van der Waals surface area contributed by atoms with Gasteiger partial charge in [0.25, 0.3) is 0 Å². The van der Waals surface area contributed by atoms with Gasteiger partial charge >= 0.3 is 0 Å². The molecule has 1 aliphatic heterocycles. The van der Waals surface area contributed by atoms with Crippen LogP contribution < -0.4 is 5.32 Å². The molecule has 0 aromatic heterocycles. The lowest BCUT2D eigenvalue weighted by atomic mass is 10.1. The monoisotopic (exact) mass is 232 g/mol. The third-order valence-corrected chi connectivity index (χ3v) is 3.38. The molecule has 1 aliphatic rings. The van der Waals surface area contributed by atoms with Crippen LogP contribution in [-0.2, 0) is 6.54 Å². The largest absolute Gasteiger partial charge is 0.316 e. The minimum atomic E-state index is 0.750. The van der Waals surface area contributed by atoms with E-state index in [1.807, 2.05) is 0 Å². The Kier molecular flexibility index (Phi) is 4.57. The molecular weight excluding hydrogens is 208 g/mol. The molecule has 0 spiro atoms. The van der Waals surface area contributed by atoms with Crippen LogP contribution in [0.1, 0.15) is 24.5 Å². The lowest BCUT2D eigenvalue weighted by Crippen LogP contribution is -2.38. The third-order valence-electron chi connectivity index (χ3n) is 3.38. The Morgan fingerprint density at radius 1 is 1.41 bits per heavy atom. The number of aryl methyl sites for hydroxylation is 1. The maximum absolute atomic E-state index is 3.50. The van der Waals surface area contributed by atoms with Crippen LogP contribution >= 0.6 is 0 Å². The summed E-state index contributed by atoms with van der Waals surface area (Å²) < 4.78 is 0. The average molecular weight is 232 g/mol. The zero-order valence-corrected chi connectivity index (χ0v) is 11.1. The molecule has 0 radical (unpaired) electrons. The molecule has 1 atom stereocenters. The van der Waals surface area contributed by atoms with E-state index in [4.69, 9.17) is 0 Å². The summed E-state index contributed by atoms with van der Waals surface area (Å²) in [7, 11) is 0. The van der Waals surface area contributed by atoms with Gasteiger partial charge in [0.15, 0.2) is 0 Å². The van der Waals surface area contributed by atoms with Gasteiger partial charge in [-0.05, 0) is 44.5 Å². The van der Waals surface area contributed by atoms with E-state index in [9.17, 15) is 0 Å². The first kappa shape index (κ1) is 12.6. The number of benzene rings is 1. The van der Waals surface area contributed by atoms with Gasteiger partial charge in [0.1, 0.15) is 0 Å². The van der Waals surface area contributed by atoms with Crippen molar-refractivity contribution in [2.75, 3.05) is 26.2 Å². The van der Waals surface area contributed by atoms with E-state index in [1.165, 1.54) is 30.6 Å². The highest BCUT2D eigenvalue weighted by molar-refractivity contribution is 5.22. The fraction of sp³-hybridized carbons (Fsp3) is 0.600. The SMILES string of the molecule is Cc1cccc(CN2CCCNCC(C)C2)c1. The van der Waals surface area contributed by atoms with Crippen LogP contribution in [0.4, 0.5) is 0 Å². The van der Waals surface area contributed by atoms with Crippen molar-refractivity contribution in [2.24, 2.45) is 5.92 Å². The maximum atomic E-state index is 3.50. The van der Waals surface area contributed by atoms with E-state index >= 15 is 0 Å². The minimum absolute atomic E-state index is 0.750.